The van der Waals surface area contributed by atoms with E-state index in [1.54, 1.807) is 0 Å². The first-order chi connectivity index (χ1) is 7.36. The highest BCUT2D eigenvalue weighted by molar-refractivity contribution is 6.42. The van der Waals surface area contributed by atoms with Crippen LogP contribution >= 0.6 is 23.2 Å². The molecule has 0 fully saturated rings. The number of hydrogen-bond acceptors (Lipinski definition) is 1. The van der Waals surface area contributed by atoms with Crippen molar-refractivity contribution in [3.63, 3.8) is 0 Å². The quantitative estimate of drug-likeness (QED) is 0.860. The minimum Gasteiger partial charge on any atom is -0.330 e. The molecule has 1 aromatic rings. The van der Waals surface area contributed by atoms with Gasteiger partial charge >= 0.3 is 0 Å². The molecule has 0 aliphatic rings. The Hall–Kier alpha value is -0.240. The van der Waals surface area contributed by atoms with Crippen LogP contribution < -0.4 is 5.73 Å². The fourth-order valence-corrected chi connectivity index (χ4v) is 2.29. The Kier molecular flexibility index (Phi) is 4.66. The summed E-state index contributed by atoms with van der Waals surface area (Å²) in [5.74, 6) is 0.504. The van der Waals surface area contributed by atoms with E-state index < -0.39 is 0 Å². The standard InChI is InChI=1S/C13H19Cl2N/c1-9(8-16)7-13(2,3)10-4-5-11(14)12(15)6-10/h4-6,9H,7-8,16H2,1-3H3. The third kappa shape index (κ3) is 3.38. The maximum atomic E-state index is 6.03. The Balaban J connectivity index is 2.93. The number of halogens is 2. The topological polar surface area (TPSA) is 26.0 Å². The van der Waals surface area contributed by atoms with Crippen LogP contribution in [0.2, 0.25) is 10.0 Å². The van der Waals surface area contributed by atoms with Gasteiger partial charge in [0.2, 0.25) is 0 Å². The molecule has 0 spiro atoms. The Labute approximate surface area is 108 Å². The normalized spacial score (nSPS) is 13.9. The number of hydrogen-bond donors (Lipinski definition) is 1. The third-order valence-corrected chi connectivity index (χ3v) is 3.70. The van der Waals surface area contributed by atoms with E-state index in [-0.39, 0.29) is 5.41 Å². The predicted octanol–water partition coefficient (Wildman–Crippen LogP) is 4.26. The molecule has 0 aliphatic carbocycles. The van der Waals surface area contributed by atoms with E-state index in [4.69, 9.17) is 28.9 Å². The van der Waals surface area contributed by atoms with Gasteiger partial charge in [-0.25, -0.2) is 0 Å². The van der Waals surface area contributed by atoms with Gasteiger partial charge < -0.3 is 5.73 Å². The van der Waals surface area contributed by atoms with Gasteiger partial charge in [0, 0.05) is 0 Å². The summed E-state index contributed by atoms with van der Waals surface area (Å²) in [5.41, 5.74) is 6.95. The molecule has 0 aliphatic heterocycles. The van der Waals surface area contributed by atoms with Gasteiger partial charge in [-0.1, -0.05) is 50.0 Å². The average molecular weight is 260 g/mol. The van der Waals surface area contributed by atoms with Crippen molar-refractivity contribution in [2.75, 3.05) is 6.54 Å². The van der Waals surface area contributed by atoms with Gasteiger partial charge in [-0.2, -0.15) is 0 Å². The second-order valence-electron chi connectivity index (χ2n) is 5.06. The van der Waals surface area contributed by atoms with Crippen molar-refractivity contribution in [2.45, 2.75) is 32.6 Å². The Morgan fingerprint density at radius 3 is 2.38 bits per heavy atom. The van der Waals surface area contributed by atoms with E-state index in [0.29, 0.717) is 22.5 Å². The van der Waals surface area contributed by atoms with Gasteiger partial charge in [0.1, 0.15) is 0 Å². The minimum atomic E-state index is 0.0764. The molecule has 0 amide bonds. The lowest BCUT2D eigenvalue weighted by Gasteiger charge is -2.28. The van der Waals surface area contributed by atoms with Crippen LogP contribution in [0.4, 0.5) is 0 Å². The summed E-state index contributed by atoms with van der Waals surface area (Å²) in [7, 11) is 0. The predicted molar refractivity (Wildman–Crippen MR) is 72.3 cm³/mol. The van der Waals surface area contributed by atoms with Gasteiger partial charge in [-0.05, 0) is 42.0 Å². The van der Waals surface area contributed by atoms with Crippen LogP contribution in [0, 0.1) is 5.92 Å². The van der Waals surface area contributed by atoms with Crippen LogP contribution in [0.5, 0.6) is 0 Å². The van der Waals surface area contributed by atoms with Crippen LogP contribution in [0.1, 0.15) is 32.8 Å². The van der Waals surface area contributed by atoms with Crippen LogP contribution in [0.25, 0.3) is 0 Å². The molecule has 0 saturated carbocycles. The lowest BCUT2D eigenvalue weighted by atomic mass is 9.77. The number of nitrogens with two attached hydrogens (primary N) is 1. The fourth-order valence-electron chi connectivity index (χ4n) is 1.99. The van der Waals surface area contributed by atoms with Crippen molar-refractivity contribution >= 4 is 23.2 Å². The van der Waals surface area contributed by atoms with Crippen LogP contribution in [-0.4, -0.2) is 6.54 Å². The first-order valence-corrected chi connectivity index (χ1v) is 6.28. The molecule has 16 heavy (non-hydrogen) atoms. The molecule has 0 aromatic heterocycles. The third-order valence-electron chi connectivity index (χ3n) is 2.96. The molecule has 0 bridgehead atoms. The van der Waals surface area contributed by atoms with Crippen molar-refractivity contribution in [3.8, 4) is 0 Å². The van der Waals surface area contributed by atoms with E-state index >= 15 is 0 Å². The number of rotatable bonds is 4. The van der Waals surface area contributed by atoms with Crippen LogP contribution in [0.15, 0.2) is 18.2 Å². The lowest BCUT2D eigenvalue weighted by Crippen LogP contribution is -2.24. The van der Waals surface area contributed by atoms with Gasteiger partial charge in [-0.15, -0.1) is 0 Å². The van der Waals surface area contributed by atoms with E-state index in [1.807, 2.05) is 18.2 Å². The number of benzene rings is 1. The summed E-state index contributed by atoms with van der Waals surface area (Å²) in [6, 6.07) is 5.85. The van der Waals surface area contributed by atoms with Crippen LogP contribution in [0.3, 0.4) is 0 Å². The molecule has 2 N–H and O–H groups in total. The van der Waals surface area contributed by atoms with Crippen LogP contribution in [-0.2, 0) is 5.41 Å². The molecular weight excluding hydrogens is 241 g/mol. The van der Waals surface area contributed by atoms with Crippen molar-refractivity contribution in [3.05, 3.63) is 33.8 Å². The van der Waals surface area contributed by atoms with E-state index in [2.05, 4.69) is 20.8 Å². The summed E-state index contributed by atoms with van der Waals surface area (Å²) in [6.07, 6.45) is 1.04. The zero-order valence-electron chi connectivity index (χ0n) is 10.1. The second-order valence-corrected chi connectivity index (χ2v) is 5.87. The minimum absolute atomic E-state index is 0.0764. The van der Waals surface area contributed by atoms with Crippen molar-refractivity contribution in [1.82, 2.24) is 0 Å². The molecule has 0 heterocycles. The molecule has 1 nitrogen and oxygen atoms in total. The summed E-state index contributed by atoms with van der Waals surface area (Å²) in [5, 5.41) is 1.22. The second kappa shape index (κ2) is 5.39. The van der Waals surface area contributed by atoms with Gasteiger partial charge in [0.25, 0.3) is 0 Å². The van der Waals surface area contributed by atoms with Gasteiger partial charge in [-0.3, -0.25) is 0 Å². The van der Waals surface area contributed by atoms with E-state index in [9.17, 15) is 0 Å². The highest BCUT2D eigenvalue weighted by Gasteiger charge is 2.23. The van der Waals surface area contributed by atoms with E-state index in [1.165, 1.54) is 5.56 Å². The largest absolute Gasteiger partial charge is 0.330 e. The molecule has 3 heteroatoms. The Morgan fingerprint density at radius 1 is 1.25 bits per heavy atom. The molecule has 90 valence electrons. The van der Waals surface area contributed by atoms with Gasteiger partial charge in [0.15, 0.2) is 0 Å². The Bertz CT molecular complexity index is 361. The zero-order chi connectivity index (χ0) is 12.3. The molecule has 0 saturated heterocycles. The fraction of sp³-hybridized carbons (Fsp3) is 0.538. The lowest BCUT2D eigenvalue weighted by molar-refractivity contribution is 0.385. The molecule has 1 aromatic carbocycles. The molecule has 1 rings (SSSR count). The van der Waals surface area contributed by atoms with E-state index in [0.717, 1.165) is 6.42 Å². The highest BCUT2D eigenvalue weighted by atomic mass is 35.5. The van der Waals surface area contributed by atoms with Crippen molar-refractivity contribution < 1.29 is 0 Å². The summed E-state index contributed by atoms with van der Waals surface area (Å²) >= 11 is 11.9. The first-order valence-electron chi connectivity index (χ1n) is 5.52. The molecule has 0 radical (unpaired) electrons. The molecule has 1 unspecified atom stereocenters. The maximum Gasteiger partial charge on any atom is 0.0595 e. The van der Waals surface area contributed by atoms with Crippen molar-refractivity contribution in [2.24, 2.45) is 11.7 Å². The molecule has 1 atom stereocenters. The monoisotopic (exact) mass is 259 g/mol. The van der Waals surface area contributed by atoms with Crippen molar-refractivity contribution in [1.29, 1.82) is 0 Å². The zero-order valence-corrected chi connectivity index (χ0v) is 11.6. The summed E-state index contributed by atoms with van der Waals surface area (Å²) in [6.45, 7) is 7.29. The maximum absolute atomic E-state index is 6.03. The molecular formula is C13H19Cl2N. The SMILES string of the molecule is CC(CN)CC(C)(C)c1ccc(Cl)c(Cl)c1. The summed E-state index contributed by atoms with van der Waals surface area (Å²) in [4.78, 5) is 0. The Morgan fingerprint density at radius 2 is 1.88 bits per heavy atom. The average Bonchev–Trinajstić information content (AvgIpc) is 2.21. The smallest absolute Gasteiger partial charge is 0.0595 e. The first kappa shape index (κ1) is 13.8. The van der Waals surface area contributed by atoms with Gasteiger partial charge in [0.05, 0.1) is 10.0 Å². The summed E-state index contributed by atoms with van der Waals surface area (Å²) < 4.78 is 0. The highest BCUT2D eigenvalue weighted by Crippen LogP contribution is 2.33.